The molecule has 4 heteroatoms. The Balaban J connectivity index is 1.99. The Labute approximate surface area is 112 Å². The van der Waals surface area contributed by atoms with Gasteiger partial charge in [-0.25, -0.2) is 0 Å². The number of pyridine rings is 1. The summed E-state index contributed by atoms with van der Waals surface area (Å²) in [5.74, 6) is 0.569. The lowest BCUT2D eigenvalue weighted by Crippen LogP contribution is -2.36. The van der Waals surface area contributed by atoms with E-state index >= 15 is 0 Å². The Morgan fingerprint density at radius 1 is 1.26 bits per heavy atom. The van der Waals surface area contributed by atoms with Gasteiger partial charge in [0.05, 0.1) is 12.6 Å². The third kappa shape index (κ3) is 2.17. The van der Waals surface area contributed by atoms with Gasteiger partial charge in [-0.05, 0) is 36.2 Å². The molecule has 1 aliphatic rings. The molecule has 2 aromatic rings. The van der Waals surface area contributed by atoms with E-state index in [1.54, 1.807) is 6.20 Å². The summed E-state index contributed by atoms with van der Waals surface area (Å²) in [6.07, 6.45) is 3.65. The molecule has 4 nitrogen and oxygen atoms in total. The smallest absolute Gasteiger partial charge is 0.196 e. The fraction of sp³-hybridized carbons (Fsp3) is 0.200. The lowest BCUT2D eigenvalue weighted by molar-refractivity contribution is 0.764. The second-order valence-corrected chi connectivity index (χ2v) is 4.71. The minimum absolute atomic E-state index is 0.135. The zero-order chi connectivity index (χ0) is 13.2. The number of rotatable bonds is 2. The van der Waals surface area contributed by atoms with Crippen LogP contribution < -0.4 is 10.6 Å². The summed E-state index contributed by atoms with van der Waals surface area (Å²) in [6, 6.07) is 12.4. The van der Waals surface area contributed by atoms with E-state index in [-0.39, 0.29) is 6.04 Å². The van der Waals surface area contributed by atoms with Crippen molar-refractivity contribution in [2.24, 2.45) is 10.7 Å². The van der Waals surface area contributed by atoms with Gasteiger partial charge >= 0.3 is 0 Å². The van der Waals surface area contributed by atoms with Crippen LogP contribution in [0.2, 0.25) is 0 Å². The summed E-state index contributed by atoms with van der Waals surface area (Å²) in [6.45, 7) is 2.75. The Morgan fingerprint density at radius 3 is 2.89 bits per heavy atom. The number of aliphatic imine (C=N–C) groups is 1. The second kappa shape index (κ2) is 4.72. The Morgan fingerprint density at radius 2 is 2.16 bits per heavy atom. The second-order valence-electron chi connectivity index (χ2n) is 4.71. The van der Waals surface area contributed by atoms with Gasteiger partial charge in [0, 0.05) is 18.1 Å². The van der Waals surface area contributed by atoms with Crippen molar-refractivity contribution in [3.63, 3.8) is 0 Å². The molecule has 0 radical (unpaired) electrons. The standard InChI is InChI=1S/C15H16N4/c1-11-4-2-6-13(8-11)19-14(10-18-15(19)16)12-5-3-7-17-9-12/h2-9,14H,10H2,1H3,(H2,16,18). The van der Waals surface area contributed by atoms with Gasteiger partial charge in [-0.15, -0.1) is 0 Å². The van der Waals surface area contributed by atoms with Gasteiger partial charge in [-0.3, -0.25) is 9.98 Å². The zero-order valence-corrected chi connectivity index (χ0v) is 10.8. The summed E-state index contributed by atoms with van der Waals surface area (Å²) in [5, 5.41) is 0. The van der Waals surface area contributed by atoms with E-state index in [2.05, 4.69) is 46.1 Å². The highest BCUT2D eigenvalue weighted by atomic mass is 15.3. The average Bonchev–Trinajstić information content (AvgIpc) is 2.82. The third-order valence-corrected chi connectivity index (χ3v) is 3.33. The number of aromatic nitrogens is 1. The van der Waals surface area contributed by atoms with Crippen LogP contribution in [-0.2, 0) is 0 Å². The maximum atomic E-state index is 6.04. The van der Waals surface area contributed by atoms with E-state index in [0.717, 1.165) is 11.3 Å². The predicted octanol–water partition coefficient (Wildman–Crippen LogP) is 2.27. The number of anilines is 1. The molecular weight excluding hydrogens is 236 g/mol. The van der Waals surface area contributed by atoms with E-state index < -0.39 is 0 Å². The summed E-state index contributed by atoms with van der Waals surface area (Å²) < 4.78 is 0. The fourth-order valence-corrected chi connectivity index (χ4v) is 2.42. The van der Waals surface area contributed by atoms with Crippen molar-refractivity contribution < 1.29 is 0 Å². The molecule has 3 rings (SSSR count). The van der Waals surface area contributed by atoms with Crippen molar-refractivity contribution in [3.05, 3.63) is 59.9 Å². The highest BCUT2D eigenvalue weighted by Gasteiger charge is 2.28. The van der Waals surface area contributed by atoms with Crippen LogP contribution in [-0.4, -0.2) is 17.5 Å². The SMILES string of the molecule is Cc1cccc(N2C(N)=NCC2c2cccnc2)c1. The van der Waals surface area contributed by atoms with Gasteiger partial charge in [-0.2, -0.15) is 0 Å². The average molecular weight is 252 g/mol. The number of aryl methyl sites for hydroxylation is 1. The van der Waals surface area contributed by atoms with E-state index in [4.69, 9.17) is 5.73 Å². The van der Waals surface area contributed by atoms with Gasteiger partial charge in [0.1, 0.15) is 0 Å². The van der Waals surface area contributed by atoms with Crippen LogP contribution in [0, 0.1) is 6.92 Å². The van der Waals surface area contributed by atoms with E-state index in [1.807, 2.05) is 18.3 Å². The molecule has 0 bridgehead atoms. The van der Waals surface area contributed by atoms with Gasteiger partial charge < -0.3 is 10.6 Å². The maximum Gasteiger partial charge on any atom is 0.196 e. The first-order valence-electron chi connectivity index (χ1n) is 6.31. The number of nitrogens with two attached hydrogens (primary N) is 1. The van der Waals surface area contributed by atoms with Crippen LogP contribution in [0.5, 0.6) is 0 Å². The quantitative estimate of drug-likeness (QED) is 0.892. The van der Waals surface area contributed by atoms with Crippen molar-refractivity contribution in [1.82, 2.24) is 4.98 Å². The topological polar surface area (TPSA) is 54.5 Å². The monoisotopic (exact) mass is 252 g/mol. The lowest BCUT2D eigenvalue weighted by atomic mass is 10.1. The zero-order valence-electron chi connectivity index (χ0n) is 10.8. The fourth-order valence-electron chi connectivity index (χ4n) is 2.42. The highest BCUT2D eigenvalue weighted by Crippen LogP contribution is 2.30. The Bertz CT molecular complexity index is 607. The van der Waals surface area contributed by atoms with Crippen LogP contribution in [0.1, 0.15) is 17.2 Å². The summed E-state index contributed by atoms with van der Waals surface area (Å²) >= 11 is 0. The minimum atomic E-state index is 0.135. The van der Waals surface area contributed by atoms with E-state index in [0.29, 0.717) is 12.5 Å². The Hall–Kier alpha value is -2.36. The van der Waals surface area contributed by atoms with Gasteiger partial charge in [0.2, 0.25) is 0 Å². The molecule has 1 aliphatic heterocycles. The van der Waals surface area contributed by atoms with Gasteiger partial charge in [-0.1, -0.05) is 18.2 Å². The van der Waals surface area contributed by atoms with E-state index in [1.165, 1.54) is 5.56 Å². The molecule has 19 heavy (non-hydrogen) atoms. The first-order valence-corrected chi connectivity index (χ1v) is 6.31. The number of hydrogen-bond donors (Lipinski definition) is 1. The van der Waals surface area contributed by atoms with Crippen molar-refractivity contribution >= 4 is 11.6 Å². The first-order chi connectivity index (χ1) is 9.25. The molecule has 1 aromatic heterocycles. The highest BCUT2D eigenvalue weighted by molar-refractivity contribution is 5.97. The van der Waals surface area contributed by atoms with Crippen LogP contribution in [0.15, 0.2) is 53.8 Å². The molecule has 0 aliphatic carbocycles. The molecule has 0 saturated carbocycles. The molecule has 96 valence electrons. The minimum Gasteiger partial charge on any atom is -0.369 e. The molecule has 1 atom stereocenters. The van der Waals surface area contributed by atoms with Crippen LogP contribution in [0.25, 0.3) is 0 Å². The summed E-state index contributed by atoms with van der Waals surface area (Å²) in [7, 11) is 0. The van der Waals surface area contributed by atoms with Gasteiger partial charge in [0.15, 0.2) is 5.96 Å². The maximum absolute atomic E-state index is 6.04. The molecule has 0 spiro atoms. The molecule has 1 aromatic carbocycles. The molecule has 0 amide bonds. The number of nitrogens with zero attached hydrogens (tertiary/aromatic N) is 3. The first kappa shape index (κ1) is 11.7. The van der Waals surface area contributed by atoms with Crippen LogP contribution in [0.3, 0.4) is 0 Å². The number of benzene rings is 1. The summed E-state index contributed by atoms with van der Waals surface area (Å²) in [4.78, 5) is 10.6. The lowest BCUT2D eigenvalue weighted by Gasteiger charge is -2.26. The van der Waals surface area contributed by atoms with Crippen molar-refractivity contribution in [2.45, 2.75) is 13.0 Å². The molecule has 0 saturated heterocycles. The van der Waals surface area contributed by atoms with Crippen molar-refractivity contribution in [3.8, 4) is 0 Å². The van der Waals surface area contributed by atoms with E-state index in [9.17, 15) is 0 Å². The predicted molar refractivity (Wildman–Crippen MR) is 77.1 cm³/mol. The largest absolute Gasteiger partial charge is 0.369 e. The van der Waals surface area contributed by atoms with Gasteiger partial charge in [0.25, 0.3) is 0 Å². The van der Waals surface area contributed by atoms with Crippen molar-refractivity contribution in [2.75, 3.05) is 11.4 Å². The Kier molecular flexibility index (Phi) is 2.91. The number of hydrogen-bond acceptors (Lipinski definition) is 4. The van der Waals surface area contributed by atoms with Crippen molar-refractivity contribution in [1.29, 1.82) is 0 Å². The molecule has 2 heterocycles. The molecular formula is C15H16N4. The summed E-state index contributed by atoms with van der Waals surface area (Å²) in [5.41, 5.74) is 9.46. The normalized spacial score (nSPS) is 18.5. The molecule has 0 fully saturated rings. The number of guanidine groups is 1. The van der Waals surface area contributed by atoms with Crippen LogP contribution in [0.4, 0.5) is 5.69 Å². The van der Waals surface area contributed by atoms with Crippen LogP contribution >= 0.6 is 0 Å². The molecule has 2 N–H and O–H groups in total. The third-order valence-electron chi connectivity index (χ3n) is 3.33. The molecule has 1 unspecified atom stereocenters.